The highest BCUT2D eigenvalue weighted by Gasteiger charge is 2.28. The average Bonchev–Trinajstić information content (AvgIpc) is 2.96. The Morgan fingerprint density at radius 2 is 1.74 bits per heavy atom. The summed E-state index contributed by atoms with van der Waals surface area (Å²) in [6.45, 7) is 1.00. The van der Waals surface area contributed by atoms with Crippen LogP contribution in [0.2, 0.25) is 5.02 Å². The number of anilines is 1. The number of halogens is 1. The van der Waals surface area contributed by atoms with Crippen LogP contribution in [0.3, 0.4) is 0 Å². The zero-order valence-electron chi connectivity index (χ0n) is 14.7. The van der Waals surface area contributed by atoms with E-state index in [0.717, 1.165) is 27.6 Å². The first-order valence-electron chi connectivity index (χ1n) is 8.98. The minimum atomic E-state index is -0.0210. The van der Waals surface area contributed by atoms with E-state index >= 15 is 0 Å². The van der Waals surface area contributed by atoms with E-state index < -0.39 is 0 Å². The molecule has 0 unspecified atom stereocenters. The Morgan fingerprint density at radius 1 is 1.00 bits per heavy atom. The van der Waals surface area contributed by atoms with E-state index in [1.54, 1.807) is 17.0 Å². The van der Waals surface area contributed by atoms with Gasteiger partial charge in [-0.25, -0.2) is 0 Å². The number of nitrogens with one attached hydrogen (secondary N) is 1. The molecule has 136 valence electrons. The van der Waals surface area contributed by atoms with Gasteiger partial charge in [0.2, 0.25) is 5.91 Å². The lowest BCUT2D eigenvalue weighted by Gasteiger charge is -2.17. The van der Waals surface area contributed by atoms with E-state index in [1.165, 1.54) is 0 Å². The molecular formula is C22H19ClN2O2. The molecule has 0 aliphatic carbocycles. The van der Waals surface area contributed by atoms with Gasteiger partial charge in [-0.05, 0) is 41.6 Å². The van der Waals surface area contributed by atoms with Gasteiger partial charge in [0.25, 0.3) is 5.91 Å². The smallest absolute Gasteiger partial charge is 0.258 e. The maximum absolute atomic E-state index is 12.7. The molecule has 1 N–H and O–H groups in total. The van der Waals surface area contributed by atoms with E-state index in [2.05, 4.69) is 5.32 Å². The molecule has 1 aliphatic rings. The van der Waals surface area contributed by atoms with Crippen molar-refractivity contribution in [3.63, 3.8) is 0 Å². The second kappa shape index (κ2) is 7.41. The van der Waals surface area contributed by atoms with Crippen LogP contribution in [0.1, 0.15) is 28.8 Å². The fourth-order valence-electron chi connectivity index (χ4n) is 3.49. The Labute approximate surface area is 162 Å². The summed E-state index contributed by atoms with van der Waals surface area (Å²) in [5.74, 6) is -0.00399. The van der Waals surface area contributed by atoms with Crippen LogP contribution in [0.25, 0.3) is 10.8 Å². The van der Waals surface area contributed by atoms with Gasteiger partial charge in [0.1, 0.15) is 0 Å². The highest BCUT2D eigenvalue weighted by atomic mass is 35.5. The zero-order chi connectivity index (χ0) is 18.8. The Kier molecular flexibility index (Phi) is 4.82. The molecule has 4 nitrogen and oxygen atoms in total. The van der Waals surface area contributed by atoms with Crippen molar-refractivity contribution in [2.45, 2.75) is 19.4 Å². The Hall–Kier alpha value is -2.85. The molecule has 0 saturated carbocycles. The van der Waals surface area contributed by atoms with Crippen molar-refractivity contribution < 1.29 is 9.59 Å². The standard InChI is InChI=1S/C22H19ClN2O2/c23-17-11-9-15(10-12-17)14-24-20(26)8-3-13-25-19-7-2-5-16-4-1-6-18(21(16)19)22(25)27/h1-2,4-7,9-12H,3,8,13-14H2,(H,24,26). The quantitative estimate of drug-likeness (QED) is 0.684. The van der Waals surface area contributed by atoms with Crippen LogP contribution in [0.5, 0.6) is 0 Å². The molecule has 2 amide bonds. The predicted octanol–water partition coefficient (Wildman–Crippen LogP) is 4.55. The van der Waals surface area contributed by atoms with Gasteiger partial charge in [-0.1, -0.05) is 48.0 Å². The van der Waals surface area contributed by atoms with Gasteiger partial charge >= 0.3 is 0 Å². The summed E-state index contributed by atoms with van der Waals surface area (Å²) < 4.78 is 0. The predicted molar refractivity (Wildman–Crippen MR) is 108 cm³/mol. The van der Waals surface area contributed by atoms with Crippen LogP contribution < -0.4 is 10.2 Å². The van der Waals surface area contributed by atoms with Crippen molar-refractivity contribution in [1.82, 2.24) is 5.32 Å². The number of nitrogens with zero attached hydrogens (tertiary/aromatic N) is 1. The largest absolute Gasteiger partial charge is 0.352 e. The third-order valence-corrected chi connectivity index (χ3v) is 5.09. The maximum Gasteiger partial charge on any atom is 0.258 e. The van der Waals surface area contributed by atoms with Crippen LogP contribution in [0, 0.1) is 0 Å². The first-order chi connectivity index (χ1) is 13.1. The minimum absolute atomic E-state index is 0.0170. The fourth-order valence-corrected chi connectivity index (χ4v) is 3.62. The molecular weight excluding hydrogens is 360 g/mol. The van der Waals surface area contributed by atoms with Crippen molar-refractivity contribution in [1.29, 1.82) is 0 Å². The molecule has 0 saturated heterocycles. The van der Waals surface area contributed by atoms with Crippen molar-refractivity contribution in [2.24, 2.45) is 0 Å². The number of rotatable bonds is 6. The normalized spacial score (nSPS) is 12.6. The van der Waals surface area contributed by atoms with E-state index in [0.29, 0.717) is 31.0 Å². The van der Waals surface area contributed by atoms with Gasteiger partial charge in [0.05, 0.1) is 5.69 Å². The van der Waals surface area contributed by atoms with Crippen molar-refractivity contribution in [2.75, 3.05) is 11.4 Å². The molecule has 0 bridgehead atoms. The highest BCUT2D eigenvalue weighted by molar-refractivity contribution is 6.30. The summed E-state index contributed by atoms with van der Waals surface area (Å²) in [5.41, 5.74) is 2.69. The Balaban J connectivity index is 1.33. The maximum atomic E-state index is 12.7. The number of carbonyl (C=O) groups excluding carboxylic acids is 2. The summed E-state index contributed by atoms with van der Waals surface area (Å²) >= 11 is 5.86. The third kappa shape index (κ3) is 3.53. The SMILES string of the molecule is O=C(CCCN1C(=O)c2cccc3cccc1c23)NCc1ccc(Cl)cc1. The Morgan fingerprint density at radius 3 is 2.52 bits per heavy atom. The lowest BCUT2D eigenvalue weighted by atomic mass is 10.1. The van der Waals surface area contributed by atoms with Crippen LogP contribution in [-0.2, 0) is 11.3 Å². The summed E-state index contributed by atoms with van der Waals surface area (Å²) in [4.78, 5) is 26.6. The van der Waals surface area contributed by atoms with Crippen molar-refractivity contribution in [3.05, 3.63) is 76.8 Å². The van der Waals surface area contributed by atoms with E-state index in [4.69, 9.17) is 11.6 Å². The van der Waals surface area contributed by atoms with Crippen molar-refractivity contribution >= 4 is 39.9 Å². The average molecular weight is 379 g/mol. The summed E-state index contributed by atoms with van der Waals surface area (Å²) in [6, 6.07) is 19.1. The van der Waals surface area contributed by atoms with Crippen molar-refractivity contribution in [3.8, 4) is 0 Å². The molecule has 0 fully saturated rings. The van der Waals surface area contributed by atoms with Crippen LogP contribution in [0.4, 0.5) is 5.69 Å². The van der Waals surface area contributed by atoms with Crippen LogP contribution >= 0.6 is 11.6 Å². The van der Waals surface area contributed by atoms with Crippen LogP contribution in [-0.4, -0.2) is 18.4 Å². The van der Waals surface area contributed by atoms with Gasteiger partial charge in [-0.3, -0.25) is 9.59 Å². The molecule has 0 atom stereocenters. The van der Waals surface area contributed by atoms with Gasteiger partial charge in [-0.2, -0.15) is 0 Å². The van der Waals surface area contributed by atoms with E-state index in [-0.39, 0.29) is 11.8 Å². The third-order valence-electron chi connectivity index (χ3n) is 4.84. The van der Waals surface area contributed by atoms with E-state index in [1.807, 2.05) is 48.5 Å². The van der Waals surface area contributed by atoms with E-state index in [9.17, 15) is 9.59 Å². The molecule has 0 aromatic heterocycles. The second-order valence-corrected chi connectivity index (χ2v) is 7.08. The summed E-state index contributed by atoms with van der Waals surface area (Å²) in [7, 11) is 0. The number of benzene rings is 3. The Bertz CT molecular complexity index is 1010. The van der Waals surface area contributed by atoms with Crippen LogP contribution in [0.15, 0.2) is 60.7 Å². The monoisotopic (exact) mass is 378 g/mol. The highest BCUT2D eigenvalue weighted by Crippen LogP contribution is 2.37. The zero-order valence-corrected chi connectivity index (χ0v) is 15.5. The summed E-state index contributed by atoms with van der Waals surface area (Å²) in [6.07, 6.45) is 0.992. The molecule has 3 aromatic rings. The lowest BCUT2D eigenvalue weighted by Crippen LogP contribution is -2.29. The molecule has 5 heteroatoms. The topological polar surface area (TPSA) is 49.4 Å². The molecule has 0 spiro atoms. The molecule has 4 rings (SSSR count). The first-order valence-corrected chi connectivity index (χ1v) is 9.36. The number of hydrogen-bond acceptors (Lipinski definition) is 2. The number of amides is 2. The summed E-state index contributed by atoms with van der Waals surface area (Å²) in [5, 5.41) is 5.67. The molecule has 27 heavy (non-hydrogen) atoms. The fraction of sp³-hybridized carbons (Fsp3) is 0.182. The van der Waals surface area contributed by atoms with Gasteiger partial charge in [0.15, 0.2) is 0 Å². The van der Waals surface area contributed by atoms with Gasteiger partial charge in [-0.15, -0.1) is 0 Å². The lowest BCUT2D eigenvalue weighted by molar-refractivity contribution is -0.121. The molecule has 0 radical (unpaired) electrons. The first kappa shape index (κ1) is 17.6. The van der Waals surface area contributed by atoms with Gasteiger partial charge in [0, 0.05) is 35.5 Å². The van der Waals surface area contributed by atoms with Gasteiger partial charge < -0.3 is 10.2 Å². The number of carbonyl (C=O) groups is 2. The molecule has 1 heterocycles. The molecule has 1 aliphatic heterocycles. The number of hydrogen-bond donors (Lipinski definition) is 1. The second-order valence-electron chi connectivity index (χ2n) is 6.64. The molecule has 3 aromatic carbocycles. The minimum Gasteiger partial charge on any atom is -0.352 e.